The van der Waals surface area contributed by atoms with Crippen molar-refractivity contribution >= 4 is 18.6 Å². The lowest BCUT2D eigenvalue weighted by Crippen LogP contribution is -2.07. The second-order valence-electron chi connectivity index (χ2n) is 3.21. The highest BCUT2D eigenvalue weighted by atomic mass is 32.1. The van der Waals surface area contributed by atoms with Crippen LogP contribution in [0.3, 0.4) is 0 Å². The van der Waals surface area contributed by atoms with E-state index in [4.69, 9.17) is 10.00 Å². The summed E-state index contributed by atoms with van der Waals surface area (Å²) in [5, 5.41) is 8.91. The van der Waals surface area contributed by atoms with Gasteiger partial charge < -0.3 is 4.74 Å². The molecule has 0 heterocycles. The number of nitriles is 1. The second kappa shape index (κ2) is 5.57. The minimum absolute atomic E-state index is 0.327. The van der Waals surface area contributed by atoms with E-state index in [1.54, 1.807) is 19.1 Å². The molecule has 1 aromatic rings. The van der Waals surface area contributed by atoms with Crippen LogP contribution in [-0.4, -0.2) is 12.6 Å². The van der Waals surface area contributed by atoms with Gasteiger partial charge in [0.1, 0.15) is 0 Å². The van der Waals surface area contributed by atoms with Gasteiger partial charge in [-0.25, -0.2) is 4.79 Å². The van der Waals surface area contributed by atoms with Crippen LogP contribution in [0.4, 0.5) is 0 Å². The maximum Gasteiger partial charge on any atom is 0.339 e. The van der Waals surface area contributed by atoms with Crippen LogP contribution >= 0.6 is 12.6 Å². The third-order valence-corrected chi connectivity index (χ3v) is 2.59. The van der Waals surface area contributed by atoms with Crippen molar-refractivity contribution in [1.29, 1.82) is 5.26 Å². The second-order valence-corrected chi connectivity index (χ2v) is 3.69. The number of nitrogens with zero attached hydrogens (tertiary/aromatic N) is 1. The van der Waals surface area contributed by atoms with Crippen molar-refractivity contribution in [3.8, 4) is 6.07 Å². The Balaban J connectivity index is 3.22. The molecule has 0 amide bonds. The first-order valence-corrected chi connectivity index (χ1v) is 5.51. The molecule has 3 nitrogen and oxygen atoms in total. The summed E-state index contributed by atoms with van der Waals surface area (Å²) in [5.41, 5.74) is 1.81. The standard InChI is InChI=1S/C12H13NO2S/c1-3-8-5-10(12(14)15-4-2)11(16)6-9(8)7-13/h5-6,16H,3-4H2,1-2H3. The lowest BCUT2D eigenvalue weighted by Gasteiger charge is -2.08. The highest BCUT2D eigenvalue weighted by Gasteiger charge is 2.13. The van der Waals surface area contributed by atoms with E-state index in [0.717, 1.165) is 5.56 Å². The largest absolute Gasteiger partial charge is 0.462 e. The molecular weight excluding hydrogens is 222 g/mol. The van der Waals surface area contributed by atoms with Crippen LogP contribution in [0.1, 0.15) is 35.3 Å². The fourth-order valence-electron chi connectivity index (χ4n) is 1.40. The van der Waals surface area contributed by atoms with Crippen LogP contribution in [0.15, 0.2) is 17.0 Å². The van der Waals surface area contributed by atoms with Crippen LogP contribution in [-0.2, 0) is 11.2 Å². The van der Waals surface area contributed by atoms with Crippen molar-refractivity contribution in [3.05, 3.63) is 28.8 Å². The minimum atomic E-state index is -0.397. The molecule has 1 aromatic carbocycles. The Morgan fingerprint density at radius 3 is 2.69 bits per heavy atom. The summed E-state index contributed by atoms with van der Waals surface area (Å²) < 4.78 is 4.91. The average molecular weight is 235 g/mol. The number of hydrogen-bond donors (Lipinski definition) is 1. The van der Waals surface area contributed by atoms with Crippen molar-refractivity contribution in [3.63, 3.8) is 0 Å². The van der Waals surface area contributed by atoms with Gasteiger partial charge in [0, 0.05) is 4.90 Å². The Morgan fingerprint density at radius 1 is 1.50 bits per heavy atom. The molecule has 0 saturated heterocycles. The molecule has 0 atom stereocenters. The molecule has 0 saturated carbocycles. The van der Waals surface area contributed by atoms with Crippen LogP contribution < -0.4 is 0 Å². The molecule has 16 heavy (non-hydrogen) atoms. The van der Waals surface area contributed by atoms with Gasteiger partial charge in [0.05, 0.1) is 23.8 Å². The predicted octanol–water partition coefficient (Wildman–Crippen LogP) is 2.59. The number of carbonyl (C=O) groups is 1. The average Bonchev–Trinajstić information content (AvgIpc) is 2.28. The highest BCUT2D eigenvalue weighted by molar-refractivity contribution is 7.80. The van der Waals surface area contributed by atoms with Crippen molar-refractivity contribution < 1.29 is 9.53 Å². The Labute approximate surface area is 100 Å². The first-order chi connectivity index (χ1) is 7.63. The lowest BCUT2D eigenvalue weighted by molar-refractivity contribution is 0.0522. The van der Waals surface area contributed by atoms with E-state index in [2.05, 4.69) is 18.7 Å². The zero-order chi connectivity index (χ0) is 12.1. The topological polar surface area (TPSA) is 50.1 Å². The van der Waals surface area contributed by atoms with Crippen LogP contribution in [0.5, 0.6) is 0 Å². The van der Waals surface area contributed by atoms with Gasteiger partial charge in [-0.1, -0.05) is 6.92 Å². The van der Waals surface area contributed by atoms with Gasteiger partial charge in [0.25, 0.3) is 0 Å². The first-order valence-electron chi connectivity index (χ1n) is 5.07. The third-order valence-electron chi connectivity index (χ3n) is 2.22. The van der Waals surface area contributed by atoms with Crippen molar-refractivity contribution in [2.45, 2.75) is 25.2 Å². The monoisotopic (exact) mass is 235 g/mol. The summed E-state index contributed by atoms with van der Waals surface area (Å²) >= 11 is 4.19. The molecule has 4 heteroatoms. The molecule has 84 valence electrons. The van der Waals surface area contributed by atoms with Crippen molar-refractivity contribution in [1.82, 2.24) is 0 Å². The summed E-state index contributed by atoms with van der Waals surface area (Å²) in [6, 6.07) is 5.37. The number of hydrogen-bond acceptors (Lipinski definition) is 4. The van der Waals surface area contributed by atoms with E-state index in [0.29, 0.717) is 29.1 Å². The number of carbonyl (C=O) groups excluding carboxylic acids is 1. The van der Waals surface area contributed by atoms with Gasteiger partial charge in [-0.2, -0.15) is 5.26 Å². The van der Waals surface area contributed by atoms with E-state index in [9.17, 15) is 4.79 Å². The van der Waals surface area contributed by atoms with E-state index >= 15 is 0 Å². The Kier molecular flexibility index (Phi) is 4.39. The number of ether oxygens (including phenoxy) is 1. The zero-order valence-electron chi connectivity index (χ0n) is 9.28. The number of benzene rings is 1. The molecule has 0 aliphatic carbocycles. The molecule has 0 radical (unpaired) electrons. The minimum Gasteiger partial charge on any atom is -0.462 e. The molecule has 0 unspecified atom stereocenters. The lowest BCUT2D eigenvalue weighted by atomic mass is 10.0. The molecule has 0 aliphatic rings. The fraction of sp³-hybridized carbons (Fsp3) is 0.333. The van der Waals surface area contributed by atoms with Gasteiger partial charge in [0.2, 0.25) is 0 Å². The van der Waals surface area contributed by atoms with E-state index < -0.39 is 5.97 Å². The molecule has 0 aliphatic heterocycles. The Morgan fingerprint density at radius 2 is 2.19 bits per heavy atom. The number of thiol groups is 1. The predicted molar refractivity (Wildman–Crippen MR) is 63.7 cm³/mol. The molecule has 1 rings (SSSR count). The van der Waals surface area contributed by atoms with Gasteiger partial charge in [-0.05, 0) is 31.0 Å². The van der Waals surface area contributed by atoms with Crippen LogP contribution in [0.2, 0.25) is 0 Å². The third kappa shape index (κ3) is 2.56. The van der Waals surface area contributed by atoms with Crippen LogP contribution in [0, 0.1) is 11.3 Å². The van der Waals surface area contributed by atoms with Gasteiger partial charge in [-0.15, -0.1) is 12.6 Å². The molecule has 0 aromatic heterocycles. The Bertz CT molecular complexity index is 449. The first kappa shape index (κ1) is 12.6. The maximum atomic E-state index is 11.6. The van der Waals surface area contributed by atoms with E-state index in [1.165, 1.54) is 0 Å². The quantitative estimate of drug-likeness (QED) is 0.647. The summed E-state index contributed by atoms with van der Waals surface area (Å²) in [6.45, 7) is 4.01. The number of esters is 1. The normalized spacial score (nSPS) is 9.62. The summed E-state index contributed by atoms with van der Waals surface area (Å²) in [5.74, 6) is -0.397. The smallest absolute Gasteiger partial charge is 0.339 e. The summed E-state index contributed by atoms with van der Waals surface area (Å²) in [4.78, 5) is 12.1. The van der Waals surface area contributed by atoms with Crippen LogP contribution in [0.25, 0.3) is 0 Å². The number of aryl methyl sites for hydroxylation is 1. The summed E-state index contributed by atoms with van der Waals surface area (Å²) in [7, 11) is 0. The van der Waals surface area contributed by atoms with Crippen molar-refractivity contribution in [2.75, 3.05) is 6.61 Å². The zero-order valence-corrected chi connectivity index (χ0v) is 10.2. The summed E-state index contributed by atoms with van der Waals surface area (Å²) in [6.07, 6.45) is 0.698. The SMILES string of the molecule is CCOC(=O)c1cc(CC)c(C#N)cc1S. The Hall–Kier alpha value is -1.47. The molecule has 0 bridgehead atoms. The molecule has 0 fully saturated rings. The van der Waals surface area contributed by atoms with Gasteiger partial charge in [0.15, 0.2) is 0 Å². The fourth-order valence-corrected chi connectivity index (χ4v) is 1.69. The van der Waals surface area contributed by atoms with E-state index in [1.807, 2.05) is 6.92 Å². The highest BCUT2D eigenvalue weighted by Crippen LogP contribution is 2.21. The molecule has 0 spiro atoms. The molecule has 0 N–H and O–H groups in total. The van der Waals surface area contributed by atoms with E-state index in [-0.39, 0.29) is 0 Å². The number of rotatable bonds is 3. The van der Waals surface area contributed by atoms with Gasteiger partial charge >= 0.3 is 5.97 Å². The maximum absolute atomic E-state index is 11.6. The van der Waals surface area contributed by atoms with Crippen molar-refractivity contribution in [2.24, 2.45) is 0 Å². The van der Waals surface area contributed by atoms with Gasteiger partial charge in [-0.3, -0.25) is 0 Å². The molecular formula is C12H13NO2S.